The summed E-state index contributed by atoms with van der Waals surface area (Å²) in [4.78, 5) is 1.17. The molecule has 29 heavy (non-hydrogen) atoms. The summed E-state index contributed by atoms with van der Waals surface area (Å²) in [6, 6.07) is 25.7. The Hall–Kier alpha value is -2.63. The van der Waals surface area contributed by atoms with Crippen LogP contribution in [-0.4, -0.2) is 10.7 Å². The van der Waals surface area contributed by atoms with E-state index in [1.54, 1.807) is 11.3 Å². The van der Waals surface area contributed by atoms with Crippen LogP contribution in [0.2, 0.25) is 0 Å². The van der Waals surface area contributed by atoms with Gasteiger partial charge in [-0.1, -0.05) is 58.4 Å². The molecule has 0 radical (unpaired) electrons. The highest BCUT2D eigenvalue weighted by Crippen LogP contribution is 2.48. The molecule has 5 heteroatoms. The zero-order chi connectivity index (χ0) is 19.4. The minimum Gasteiger partial charge on any atom is -0.464 e. The van der Waals surface area contributed by atoms with Crippen molar-refractivity contribution in [3.63, 3.8) is 0 Å². The SMILES string of the molecule is Brc1ccc2c(c1)[C@@H]1CC(c3ccc4ccccc4c3)=NN1[C@H](c1cccs1)O2. The number of fused-ring (bicyclic) bond motifs is 4. The number of halogens is 1. The van der Waals surface area contributed by atoms with E-state index in [-0.39, 0.29) is 12.3 Å². The summed E-state index contributed by atoms with van der Waals surface area (Å²) in [6.45, 7) is 0. The van der Waals surface area contributed by atoms with Crippen LogP contribution in [-0.2, 0) is 0 Å². The molecule has 0 spiro atoms. The van der Waals surface area contributed by atoms with Crippen molar-refractivity contribution >= 4 is 43.8 Å². The molecule has 0 bridgehead atoms. The highest BCUT2D eigenvalue weighted by atomic mass is 79.9. The van der Waals surface area contributed by atoms with Crippen LogP contribution in [0, 0.1) is 0 Å². The first-order chi connectivity index (χ1) is 14.3. The van der Waals surface area contributed by atoms with Gasteiger partial charge in [-0.2, -0.15) is 5.10 Å². The van der Waals surface area contributed by atoms with E-state index in [0.717, 1.165) is 22.4 Å². The van der Waals surface area contributed by atoms with Crippen LogP contribution in [0.3, 0.4) is 0 Å². The van der Waals surface area contributed by atoms with Crippen molar-refractivity contribution in [1.82, 2.24) is 5.01 Å². The number of nitrogens with zero attached hydrogens (tertiary/aromatic N) is 2. The van der Waals surface area contributed by atoms with Gasteiger partial charge in [0, 0.05) is 16.5 Å². The third kappa shape index (κ3) is 2.88. The highest BCUT2D eigenvalue weighted by molar-refractivity contribution is 9.10. The lowest BCUT2D eigenvalue weighted by Crippen LogP contribution is -2.33. The number of benzene rings is 3. The van der Waals surface area contributed by atoms with E-state index < -0.39 is 0 Å². The van der Waals surface area contributed by atoms with Gasteiger partial charge >= 0.3 is 0 Å². The molecule has 0 amide bonds. The summed E-state index contributed by atoms with van der Waals surface area (Å²) in [7, 11) is 0. The van der Waals surface area contributed by atoms with Gasteiger partial charge in [0.15, 0.2) is 0 Å². The predicted molar refractivity (Wildman–Crippen MR) is 122 cm³/mol. The van der Waals surface area contributed by atoms with E-state index in [1.165, 1.54) is 26.8 Å². The van der Waals surface area contributed by atoms with Gasteiger partial charge in [0.1, 0.15) is 5.75 Å². The van der Waals surface area contributed by atoms with Gasteiger partial charge in [0.05, 0.1) is 16.6 Å². The first kappa shape index (κ1) is 17.2. The van der Waals surface area contributed by atoms with Crippen LogP contribution >= 0.6 is 27.3 Å². The largest absolute Gasteiger partial charge is 0.464 e. The van der Waals surface area contributed by atoms with E-state index >= 15 is 0 Å². The fraction of sp³-hybridized carbons (Fsp3) is 0.125. The molecule has 0 saturated carbocycles. The highest BCUT2D eigenvalue weighted by Gasteiger charge is 2.41. The topological polar surface area (TPSA) is 24.8 Å². The maximum atomic E-state index is 6.41. The molecule has 0 N–H and O–H groups in total. The van der Waals surface area contributed by atoms with Crippen molar-refractivity contribution in [2.24, 2.45) is 5.10 Å². The third-order valence-electron chi connectivity index (χ3n) is 5.62. The average molecular weight is 461 g/mol. The van der Waals surface area contributed by atoms with Crippen molar-refractivity contribution in [3.05, 3.63) is 98.7 Å². The molecule has 0 fully saturated rings. The molecule has 3 nitrogen and oxygen atoms in total. The van der Waals surface area contributed by atoms with Gasteiger partial charge in [-0.15, -0.1) is 11.3 Å². The Bertz CT molecular complexity index is 1250. The Balaban J connectivity index is 1.46. The van der Waals surface area contributed by atoms with Crippen molar-refractivity contribution < 1.29 is 4.74 Å². The molecule has 1 aromatic heterocycles. The Morgan fingerprint density at radius 1 is 0.966 bits per heavy atom. The van der Waals surface area contributed by atoms with Crippen molar-refractivity contribution in [2.45, 2.75) is 18.7 Å². The van der Waals surface area contributed by atoms with E-state index in [0.29, 0.717) is 0 Å². The van der Waals surface area contributed by atoms with Crippen LogP contribution in [0.1, 0.15) is 34.7 Å². The normalized spacial score (nSPS) is 20.2. The summed E-state index contributed by atoms with van der Waals surface area (Å²) in [5.74, 6) is 0.947. The van der Waals surface area contributed by atoms with Crippen molar-refractivity contribution in [3.8, 4) is 5.75 Å². The van der Waals surface area contributed by atoms with Crippen LogP contribution < -0.4 is 4.74 Å². The summed E-state index contributed by atoms with van der Waals surface area (Å²) in [6.07, 6.45) is 0.680. The van der Waals surface area contributed by atoms with Gasteiger partial charge in [0.2, 0.25) is 6.23 Å². The second-order valence-electron chi connectivity index (χ2n) is 7.38. The number of hydrogen-bond donors (Lipinski definition) is 0. The van der Waals surface area contributed by atoms with Gasteiger partial charge in [-0.05, 0) is 52.0 Å². The fourth-order valence-electron chi connectivity index (χ4n) is 4.22. The lowest BCUT2D eigenvalue weighted by Gasteiger charge is -2.37. The maximum Gasteiger partial charge on any atom is 0.222 e. The summed E-state index contributed by atoms with van der Waals surface area (Å²) in [5, 5.41) is 11.8. The first-order valence-corrected chi connectivity index (χ1v) is 11.3. The van der Waals surface area contributed by atoms with E-state index in [9.17, 15) is 0 Å². The zero-order valence-electron chi connectivity index (χ0n) is 15.5. The van der Waals surface area contributed by atoms with Crippen molar-refractivity contribution in [2.75, 3.05) is 0 Å². The van der Waals surface area contributed by atoms with Crippen LogP contribution in [0.25, 0.3) is 10.8 Å². The maximum absolute atomic E-state index is 6.41. The summed E-state index contributed by atoms with van der Waals surface area (Å²) >= 11 is 5.33. The molecule has 142 valence electrons. The monoisotopic (exact) mass is 460 g/mol. The minimum atomic E-state index is -0.188. The number of thiophene rings is 1. The standard InChI is InChI=1S/C24H17BrN2OS/c25-18-9-10-22-19(13-18)21-14-20(17-8-7-15-4-1-2-5-16(15)12-17)26-27(21)24(28-22)23-6-3-11-29-23/h1-13,21,24H,14H2/t21-,24-/m0/s1. The molecule has 3 aromatic carbocycles. The molecule has 4 aromatic rings. The molecule has 3 heterocycles. The Morgan fingerprint density at radius 3 is 2.72 bits per heavy atom. The van der Waals surface area contributed by atoms with E-state index in [2.05, 4.69) is 93.0 Å². The molecule has 2 atom stereocenters. The number of ether oxygens (including phenoxy) is 1. The van der Waals surface area contributed by atoms with E-state index in [1.807, 2.05) is 6.07 Å². The fourth-order valence-corrected chi connectivity index (χ4v) is 5.34. The predicted octanol–water partition coefficient (Wildman–Crippen LogP) is 6.91. The Morgan fingerprint density at radius 2 is 1.86 bits per heavy atom. The molecule has 2 aliphatic heterocycles. The molecular weight excluding hydrogens is 444 g/mol. The van der Waals surface area contributed by atoms with Crippen LogP contribution in [0.4, 0.5) is 0 Å². The quantitative estimate of drug-likeness (QED) is 0.324. The van der Waals surface area contributed by atoms with Crippen LogP contribution in [0.15, 0.2) is 87.8 Å². The zero-order valence-corrected chi connectivity index (χ0v) is 17.9. The second kappa shape index (κ2) is 6.71. The molecule has 2 aliphatic rings. The number of hydrazone groups is 1. The smallest absolute Gasteiger partial charge is 0.222 e. The average Bonchev–Trinajstić information content (AvgIpc) is 3.43. The molecule has 0 unspecified atom stereocenters. The Labute approximate surface area is 181 Å². The van der Waals surface area contributed by atoms with Gasteiger partial charge in [-0.3, -0.25) is 0 Å². The third-order valence-corrected chi connectivity index (χ3v) is 7.02. The lowest BCUT2D eigenvalue weighted by atomic mass is 9.95. The minimum absolute atomic E-state index is 0.171. The summed E-state index contributed by atoms with van der Waals surface area (Å²) < 4.78 is 7.47. The molecular formula is C24H17BrN2OS. The molecule has 6 rings (SSSR count). The number of hydrogen-bond acceptors (Lipinski definition) is 4. The molecule has 0 aliphatic carbocycles. The van der Waals surface area contributed by atoms with Gasteiger partial charge in [-0.25, -0.2) is 5.01 Å². The lowest BCUT2D eigenvalue weighted by molar-refractivity contribution is -0.0166. The summed E-state index contributed by atoms with van der Waals surface area (Å²) in [5.41, 5.74) is 3.48. The van der Waals surface area contributed by atoms with Crippen LogP contribution in [0.5, 0.6) is 5.75 Å². The second-order valence-corrected chi connectivity index (χ2v) is 9.27. The Kier molecular flexibility index (Phi) is 3.99. The van der Waals surface area contributed by atoms with Gasteiger partial charge in [0.25, 0.3) is 0 Å². The first-order valence-electron chi connectivity index (χ1n) is 9.61. The van der Waals surface area contributed by atoms with Crippen molar-refractivity contribution in [1.29, 1.82) is 0 Å². The van der Waals surface area contributed by atoms with E-state index in [4.69, 9.17) is 9.84 Å². The molecule has 0 saturated heterocycles. The van der Waals surface area contributed by atoms with Gasteiger partial charge < -0.3 is 4.74 Å². The number of rotatable bonds is 2.